The number of rotatable bonds is 4. The smallest absolute Gasteiger partial charge is 0.150 e. The zero-order valence-electron chi connectivity index (χ0n) is 22.1. The summed E-state index contributed by atoms with van der Waals surface area (Å²) >= 11 is 0. The molecular formula is C32H34N6O. The average molecular weight is 519 g/mol. The van der Waals surface area contributed by atoms with Gasteiger partial charge < -0.3 is 15.7 Å². The van der Waals surface area contributed by atoms with Crippen LogP contribution in [0.3, 0.4) is 0 Å². The maximum atomic E-state index is 10.00. The van der Waals surface area contributed by atoms with Crippen LogP contribution in [0.25, 0.3) is 38.9 Å². The molecule has 198 valence electrons. The molecule has 1 aliphatic heterocycles. The number of imidazole rings is 1. The van der Waals surface area contributed by atoms with Crippen molar-refractivity contribution in [3.8, 4) is 22.5 Å². The molecule has 7 rings (SSSR count). The second-order valence-electron chi connectivity index (χ2n) is 11.1. The molecule has 7 nitrogen and oxygen atoms in total. The minimum absolute atomic E-state index is 0.120. The summed E-state index contributed by atoms with van der Waals surface area (Å²) in [7, 11) is 0. The van der Waals surface area contributed by atoms with Gasteiger partial charge in [0.25, 0.3) is 0 Å². The summed E-state index contributed by atoms with van der Waals surface area (Å²) in [5.74, 6) is 1.95. The highest BCUT2D eigenvalue weighted by molar-refractivity contribution is 5.91. The standard InChI is InChI=1S/C32H34N6O/c33-31-30-29(23-11-10-22-12-13-27(35-28(22)20-23)21-6-2-1-3-7-21)36-32(38(30)17-14-34-31)24-18-25(19-24)37-15-4-8-26(39)9-5-16-37/h1-3,6-7,10-14,17,20,24-26,39H,4-5,8-9,15-16,18-19H2,(H2,33,34). The number of hydrogen-bond acceptors (Lipinski definition) is 6. The molecule has 0 bridgehead atoms. The van der Waals surface area contributed by atoms with Crippen LogP contribution in [0.15, 0.2) is 73.1 Å². The number of aromatic nitrogens is 4. The van der Waals surface area contributed by atoms with E-state index in [1.54, 1.807) is 6.20 Å². The van der Waals surface area contributed by atoms with E-state index >= 15 is 0 Å². The molecule has 5 aromatic rings. The van der Waals surface area contributed by atoms with E-state index in [4.69, 9.17) is 15.7 Å². The van der Waals surface area contributed by atoms with Crippen molar-refractivity contribution in [3.63, 3.8) is 0 Å². The Labute approximate surface area is 228 Å². The van der Waals surface area contributed by atoms with E-state index in [1.165, 1.54) is 0 Å². The Hall–Kier alpha value is -3.81. The molecule has 2 fully saturated rings. The van der Waals surface area contributed by atoms with E-state index < -0.39 is 0 Å². The molecule has 3 aromatic heterocycles. The van der Waals surface area contributed by atoms with Gasteiger partial charge in [0.2, 0.25) is 0 Å². The van der Waals surface area contributed by atoms with Gasteiger partial charge in [-0.1, -0.05) is 48.5 Å². The highest BCUT2D eigenvalue weighted by Gasteiger charge is 2.37. The van der Waals surface area contributed by atoms with Crippen LogP contribution >= 0.6 is 0 Å². The molecule has 1 saturated heterocycles. The lowest BCUT2D eigenvalue weighted by Gasteiger charge is -2.43. The third-order valence-corrected chi connectivity index (χ3v) is 8.61. The van der Waals surface area contributed by atoms with Gasteiger partial charge in [0.1, 0.15) is 22.9 Å². The van der Waals surface area contributed by atoms with Crippen LogP contribution in [0, 0.1) is 0 Å². The lowest BCUT2D eigenvalue weighted by Crippen LogP contribution is -2.46. The van der Waals surface area contributed by atoms with E-state index in [-0.39, 0.29) is 6.10 Å². The summed E-state index contributed by atoms with van der Waals surface area (Å²) in [5, 5.41) is 11.1. The fourth-order valence-electron chi connectivity index (χ4n) is 6.39. The van der Waals surface area contributed by atoms with Crippen LogP contribution in [0.4, 0.5) is 5.82 Å². The van der Waals surface area contributed by atoms with Gasteiger partial charge >= 0.3 is 0 Å². The lowest BCUT2D eigenvalue weighted by molar-refractivity contribution is 0.0689. The summed E-state index contributed by atoms with van der Waals surface area (Å²) in [4.78, 5) is 17.2. The first-order chi connectivity index (χ1) is 19.1. The zero-order valence-corrected chi connectivity index (χ0v) is 22.1. The van der Waals surface area contributed by atoms with E-state index in [9.17, 15) is 5.11 Å². The number of nitrogens with zero attached hydrogens (tertiary/aromatic N) is 5. The van der Waals surface area contributed by atoms with Gasteiger partial charge in [-0.3, -0.25) is 4.40 Å². The molecule has 0 atom stereocenters. The first-order valence-electron chi connectivity index (χ1n) is 14.2. The molecule has 1 aliphatic carbocycles. The quantitative estimate of drug-likeness (QED) is 0.318. The van der Waals surface area contributed by atoms with Gasteiger partial charge in [0, 0.05) is 40.9 Å². The number of anilines is 1. The molecule has 7 heteroatoms. The average Bonchev–Trinajstić information content (AvgIpc) is 3.31. The number of likely N-dealkylation sites (tertiary alicyclic amines) is 1. The Morgan fingerprint density at radius 1 is 0.872 bits per heavy atom. The Bertz CT molecular complexity index is 1610. The summed E-state index contributed by atoms with van der Waals surface area (Å²) in [6, 6.07) is 21.4. The predicted octanol–water partition coefficient (Wildman–Crippen LogP) is 5.68. The molecule has 39 heavy (non-hydrogen) atoms. The molecule has 4 heterocycles. The molecule has 0 amide bonds. The minimum Gasteiger partial charge on any atom is -0.393 e. The van der Waals surface area contributed by atoms with Crippen molar-refractivity contribution in [2.24, 2.45) is 0 Å². The van der Waals surface area contributed by atoms with Gasteiger partial charge in [-0.2, -0.15) is 0 Å². The first-order valence-corrected chi connectivity index (χ1v) is 14.2. The lowest BCUT2D eigenvalue weighted by atomic mass is 9.78. The van der Waals surface area contributed by atoms with Crippen molar-refractivity contribution in [2.45, 2.75) is 56.6 Å². The topological polar surface area (TPSA) is 92.6 Å². The molecular weight excluding hydrogens is 484 g/mol. The number of nitrogen functional groups attached to an aromatic ring is 1. The maximum Gasteiger partial charge on any atom is 0.150 e. The third-order valence-electron chi connectivity index (χ3n) is 8.61. The Kier molecular flexibility index (Phi) is 6.25. The molecule has 1 saturated carbocycles. The maximum absolute atomic E-state index is 10.00. The number of aliphatic hydroxyl groups is 1. The number of benzene rings is 2. The SMILES string of the molecule is Nc1nccn2c(C3CC(N4CCCC(O)CCC4)C3)nc(-c3ccc4ccc(-c5ccccc5)nc4c3)c12. The van der Waals surface area contributed by atoms with E-state index in [0.29, 0.717) is 17.8 Å². The number of pyridine rings is 1. The Morgan fingerprint density at radius 3 is 2.44 bits per heavy atom. The normalized spacial score (nSPS) is 21.1. The van der Waals surface area contributed by atoms with Gasteiger partial charge in [-0.15, -0.1) is 0 Å². The van der Waals surface area contributed by atoms with Crippen molar-refractivity contribution >= 4 is 22.2 Å². The van der Waals surface area contributed by atoms with Gasteiger partial charge in [0.15, 0.2) is 0 Å². The van der Waals surface area contributed by atoms with Crippen LogP contribution in [0.2, 0.25) is 0 Å². The first kappa shape index (κ1) is 24.2. The van der Waals surface area contributed by atoms with Crippen LogP contribution in [-0.2, 0) is 0 Å². The number of hydrogen-bond donors (Lipinski definition) is 2. The fraction of sp³-hybridized carbons (Fsp3) is 0.344. The fourth-order valence-corrected chi connectivity index (χ4v) is 6.39. The second-order valence-corrected chi connectivity index (χ2v) is 11.1. The van der Waals surface area contributed by atoms with Gasteiger partial charge in [0.05, 0.1) is 17.3 Å². The van der Waals surface area contributed by atoms with Crippen LogP contribution < -0.4 is 5.73 Å². The van der Waals surface area contributed by atoms with E-state index in [1.807, 2.05) is 24.4 Å². The minimum atomic E-state index is -0.120. The second kappa shape index (κ2) is 10.1. The largest absolute Gasteiger partial charge is 0.393 e. The zero-order chi connectivity index (χ0) is 26.3. The van der Waals surface area contributed by atoms with Crippen molar-refractivity contribution < 1.29 is 5.11 Å². The summed E-state index contributed by atoms with van der Waals surface area (Å²) in [5.41, 5.74) is 12.2. The number of aliphatic hydroxyl groups excluding tert-OH is 1. The van der Waals surface area contributed by atoms with Crippen molar-refractivity contribution in [1.82, 2.24) is 24.3 Å². The third kappa shape index (κ3) is 4.56. The van der Waals surface area contributed by atoms with Crippen molar-refractivity contribution in [1.29, 1.82) is 0 Å². The predicted molar refractivity (Wildman–Crippen MR) is 155 cm³/mol. The molecule has 3 N–H and O–H groups in total. The van der Waals surface area contributed by atoms with E-state index in [2.05, 4.69) is 56.7 Å². The van der Waals surface area contributed by atoms with Crippen LogP contribution in [-0.4, -0.2) is 54.6 Å². The Balaban J connectivity index is 1.21. The number of nitrogens with two attached hydrogens (primary N) is 1. The van der Waals surface area contributed by atoms with Crippen molar-refractivity contribution in [2.75, 3.05) is 18.8 Å². The highest BCUT2D eigenvalue weighted by atomic mass is 16.3. The van der Waals surface area contributed by atoms with Crippen LogP contribution in [0.1, 0.15) is 50.3 Å². The summed E-state index contributed by atoms with van der Waals surface area (Å²) < 4.78 is 2.15. The summed E-state index contributed by atoms with van der Waals surface area (Å²) in [6.07, 6.45) is 9.82. The molecule has 0 unspecified atom stereocenters. The molecule has 0 spiro atoms. The van der Waals surface area contributed by atoms with E-state index in [0.717, 1.165) is 96.4 Å². The molecule has 2 aliphatic rings. The monoisotopic (exact) mass is 518 g/mol. The Morgan fingerprint density at radius 2 is 1.64 bits per heavy atom. The number of fused-ring (bicyclic) bond motifs is 2. The molecule has 0 radical (unpaired) electrons. The van der Waals surface area contributed by atoms with Gasteiger partial charge in [-0.05, 0) is 63.7 Å². The van der Waals surface area contributed by atoms with Crippen LogP contribution in [0.5, 0.6) is 0 Å². The van der Waals surface area contributed by atoms with Crippen molar-refractivity contribution in [3.05, 3.63) is 78.9 Å². The van der Waals surface area contributed by atoms with Gasteiger partial charge in [-0.25, -0.2) is 15.0 Å². The summed E-state index contributed by atoms with van der Waals surface area (Å²) in [6.45, 7) is 2.15. The molecule has 2 aromatic carbocycles. The highest BCUT2D eigenvalue weighted by Crippen LogP contribution is 2.42.